The Morgan fingerprint density at radius 3 is 0.791 bits per heavy atom. The number of rotatable bonds is 67. The first-order valence-electron chi connectivity index (χ1n) is 35.1. The van der Waals surface area contributed by atoms with Gasteiger partial charge in [-0.1, -0.05) is 291 Å². The molecule has 86 heavy (non-hydrogen) atoms. The summed E-state index contributed by atoms with van der Waals surface area (Å²) in [5.41, 5.74) is 0. The van der Waals surface area contributed by atoms with Crippen molar-refractivity contribution in [3.63, 3.8) is 0 Å². The topological polar surface area (TPSA) is 237 Å². The number of aliphatic hydroxyl groups is 1. The Hall–Kier alpha value is -1.94. The zero-order chi connectivity index (χ0) is 63.5. The van der Waals surface area contributed by atoms with Crippen molar-refractivity contribution in [2.24, 2.45) is 5.92 Å². The molecule has 19 heteroatoms. The molecule has 0 amide bonds. The van der Waals surface area contributed by atoms with Crippen molar-refractivity contribution in [2.75, 3.05) is 39.6 Å². The van der Waals surface area contributed by atoms with Crippen LogP contribution in [-0.4, -0.2) is 96.7 Å². The summed E-state index contributed by atoms with van der Waals surface area (Å²) in [6, 6.07) is 0. The molecule has 0 saturated heterocycles. The van der Waals surface area contributed by atoms with Crippen molar-refractivity contribution in [1.29, 1.82) is 0 Å². The Morgan fingerprint density at radius 2 is 0.535 bits per heavy atom. The standard InChI is InChI=1S/C67H130O17P2/c1-6-9-12-15-18-20-22-24-26-28-32-37-42-47-52-66(71)84-63(57-78-65(70)51-46-41-36-31-27-25-23-21-19-16-13-10-7-2)59-82-86(75,76)80-55-61(68)54-79-85(73,74)81-58-62(56-77-64(69)50-45-40-34-17-14-11-8-3)83-67(72)53-48-43-38-33-29-30-35-39-44-49-60(4)5/h60-63,68H,6-59H2,1-5H3,(H,73,74)(H,75,76)/t61-,62+,63+/m0/s1. The Labute approximate surface area is 524 Å². The highest BCUT2D eigenvalue weighted by molar-refractivity contribution is 7.47. The van der Waals surface area contributed by atoms with Gasteiger partial charge >= 0.3 is 39.5 Å². The number of hydrogen-bond donors (Lipinski definition) is 3. The number of hydrogen-bond acceptors (Lipinski definition) is 15. The Morgan fingerprint density at radius 1 is 0.314 bits per heavy atom. The molecule has 5 atom stereocenters. The zero-order valence-corrected chi connectivity index (χ0v) is 57.2. The molecule has 2 unspecified atom stereocenters. The van der Waals surface area contributed by atoms with Crippen LogP contribution in [0.3, 0.4) is 0 Å². The molecule has 0 spiro atoms. The van der Waals surface area contributed by atoms with E-state index in [1.54, 1.807) is 0 Å². The van der Waals surface area contributed by atoms with Gasteiger partial charge in [-0.05, 0) is 31.6 Å². The summed E-state index contributed by atoms with van der Waals surface area (Å²) in [6.07, 6.45) is 45.8. The Balaban J connectivity index is 5.21. The van der Waals surface area contributed by atoms with Crippen LogP contribution >= 0.6 is 15.6 Å². The van der Waals surface area contributed by atoms with Gasteiger partial charge in [0.2, 0.25) is 0 Å². The van der Waals surface area contributed by atoms with E-state index < -0.39 is 97.5 Å². The average molecular weight is 1270 g/mol. The molecule has 0 bridgehead atoms. The number of unbranched alkanes of at least 4 members (excludes halogenated alkanes) is 39. The number of aliphatic hydroxyl groups excluding tert-OH is 1. The van der Waals surface area contributed by atoms with E-state index in [1.807, 2.05) is 0 Å². The van der Waals surface area contributed by atoms with Crippen molar-refractivity contribution in [2.45, 2.75) is 361 Å². The highest BCUT2D eigenvalue weighted by Gasteiger charge is 2.30. The van der Waals surface area contributed by atoms with E-state index in [9.17, 15) is 43.2 Å². The van der Waals surface area contributed by atoms with Gasteiger partial charge in [0, 0.05) is 25.7 Å². The fourth-order valence-electron chi connectivity index (χ4n) is 10.1. The smallest absolute Gasteiger partial charge is 0.462 e. The summed E-state index contributed by atoms with van der Waals surface area (Å²) in [4.78, 5) is 72.3. The van der Waals surface area contributed by atoms with Crippen LogP contribution in [0.15, 0.2) is 0 Å². The summed E-state index contributed by atoms with van der Waals surface area (Å²) >= 11 is 0. The van der Waals surface area contributed by atoms with E-state index in [1.165, 1.54) is 154 Å². The van der Waals surface area contributed by atoms with Gasteiger partial charge < -0.3 is 33.8 Å². The Kier molecular flexibility index (Phi) is 59.2. The van der Waals surface area contributed by atoms with Crippen LogP contribution in [-0.2, 0) is 65.4 Å². The van der Waals surface area contributed by atoms with Gasteiger partial charge in [-0.3, -0.25) is 37.3 Å². The monoisotopic (exact) mass is 1270 g/mol. The van der Waals surface area contributed by atoms with Gasteiger partial charge in [-0.15, -0.1) is 0 Å². The van der Waals surface area contributed by atoms with Crippen LogP contribution in [0, 0.1) is 5.92 Å². The fraction of sp³-hybridized carbons (Fsp3) is 0.940. The predicted molar refractivity (Wildman–Crippen MR) is 345 cm³/mol. The molecule has 0 saturated carbocycles. The first-order chi connectivity index (χ1) is 41.5. The maximum absolute atomic E-state index is 13.0. The van der Waals surface area contributed by atoms with Crippen molar-refractivity contribution >= 4 is 39.5 Å². The lowest BCUT2D eigenvalue weighted by molar-refractivity contribution is -0.161. The number of phosphoric acid groups is 2. The molecular weight excluding hydrogens is 1140 g/mol. The second kappa shape index (κ2) is 60.6. The van der Waals surface area contributed by atoms with Crippen LogP contribution in [0.4, 0.5) is 0 Å². The second-order valence-corrected chi connectivity index (χ2v) is 27.6. The van der Waals surface area contributed by atoms with Gasteiger partial charge in [0.25, 0.3) is 0 Å². The Bertz CT molecular complexity index is 1670. The fourth-order valence-corrected chi connectivity index (χ4v) is 11.7. The minimum Gasteiger partial charge on any atom is -0.462 e. The third-order valence-corrected chi connectivity index (χ3v) is 17.4. The van der Waals surface area contributed by atoms with E-state index in [0.717, 1.165) is 109 Å². The van der Waals surface area contributed by atoms with Crippen LogP contribution in [0.25, 0.3) is 0 Å². The van der Waals surface area contributed by atoms with E-state index in [-0.39, 0.29) is 25.7 Å². The van der Waals surface area contributed by atoms with E-state index in [4.69, 9.17) is 37.0 Å². The molecule has 17 nitrogen and oxygen atoms in total. The van der Waals surface area contributed by atoms with Crippen LogP contribution in [0.5, 0.6) is 0 Å². The molecule has 3 N–H and O–H groups in total. The van der Waals surface area contributed by atoms with Crippen LogP contribution in [0.2, 0.25) is 0 Å². The minimum absolute atomic E-state index is 0.105. The van der Waals surface area contributed by atoms with Gasteiger partial charge in [-0.2, -0.15) is 0 Å². The lowest BCUT2D eigenvalue weighted by atomic mass is 10.0. The number of phosphoric ester groups is 2. The molecule has 0 heterocycles. The van der Waals surface area contributed by atoms with E-state index in [0.29, 0.717) is 25.7 Å². The third kappa shape index (κ3) is 60.9. The van der Waals surface area contributed by atoms with Gasteiger partial charge in [0.05, 0.1) is 26.4 Å². The summed E-state index contributed by atoms with van der Waals surface area (Å²) < 4.78 is 68.1. The molecule has 0 aromatic rings. The maximum atomic E-state index is 13.0. The number of ether oxygens (including phenoxy) is 4. The minimum atomic E-state index is -4.95. The van der Waals surface area contributed by atoms with Crippen molar-refractivity contribution < 1.29 is 80.2 Å². The van der Waals surface area contributed by atoms with E-state index >= 15 is 0 Å². The lowest BCUT2D eigenvalue weighted by Gasteiger charge is -2.21. The van der Waals surface area contributed by atoms with Gasteiger partial charge in [0.15, 0.2) is 12.2 Å². The molecule has 0 radical (unpaired) electrons. The predicted octanol–water partition coefficient (Wildman–Crippen LogP) is 19.0. The maximum Gasteiger partial charge on any atom is 0.472 e. The van der Waals surface area contributed by atoms with Crippen molar-refractivity contribution in [3.05, 3.63) is 0 Å². The summed E-state index contributed by atoms with van der Waals surface area (Å²) in [7, 11) is -9.89. The molecule has 0 fully saturated rings. The number of esters is 4. The number of carbonyl (C=O) groups is 4. The van der Waals surface area contributed by atoms with Crippen LogP contribution < -0.4 is 0 Å². The number of carbonyl (C=O) groups excluding carboxylic acids is 4. The molecule has 0 aliphatic rings. The van der Waals surface area contributed by atoms with Crippen molar-refractivity contribution in [1.82, 2.24) is 0 Å². The zero-order valence-electron chi connectivity index (χ0n) is 55.4. The summed E-state index contributed by atoms with van der Waals surface area (Å²) in [5, 5.41) is 10.6. The summed E-state index contributed by atoms with van der Waals surface area (Å²) in [5.74, 6) is -1.39. The molecule has 0 aromatic heterocycles. The lowest BCUT2D eigenvalue weighted by Crippen LogP contribution is -2.30. The molecule has 0 rings (SSSR count). The summed E-state index contributed by atoms with van der Waals surface area (Å²) in [6.45, 7) is 7.16. The van der Waals surface area contributed by atoms with Gasteiger partial charge in [-0.25, -0.2) is 9.13 Å². The first kappa shape index (κ1) is 84.1. The SMILES string of the molecule is CCCCCCCCCCCCCCCCC(=O)O[C@H](COC(=O)CCCCCCCCCCCCCCC)COP(=O)(O)OC[C@@H](O)COP(=O)(O)OC[C@@H](COC(=O)CCCCCCCCC)OC(=O)CCCCCCCCCCCC(C)C. The highest BCUT2D eigenvalue weighted by Crippen LogP contribution is 2.45. The largest absolute Gasteiger partial charge is 0.472 e. The van der Waals surface area contributed by atoms with Crippen LogP contribution in [0.1, 0.15) is 343 Å². The normalized spacial score (nSPS) is 14.2. The molecule has 0 aliphatic heterocycles. The molecule has 0 aromatic carbocycles. The molecule has 0 aliphatic carbocycles. The molecular formula is C67H130O17P2. The van der Waals surface area contributed by atoms with Crippen molar-refractivity contribution in [3.8, 4) is 0 Å². The molecule has 510 valence electrons. The quantitative estimate of drug-likeness (QED) is 0.0222. The average Bonchev–Trinajstić information content (AvgIpc) is 3.56. The third-order valence-electron chi connectivity index (χ3n) is 15.5. The second-order valence-electron chi connectivity index (χ2n) is 24.7. The highest BCUT2D eigenvalue weighted by atomic mass is 31.2. The first-order valence-corrected chi connectivity index (χ1v) is 38.1. The van der Waals surface area contributed by atoms with Gasteiger partial charge in [0.1, 0.15) is 19.3 Å². The van der Waals surface area contributed by atoms with E-state index in [2.05, 4.69) is 34.6 Å².